The van der Waals surface area contributed by atoms with Gasteiger partial charge in [-0.1, -0.05) is 32.9 Å². The number of carbonyl (C=O) groups excluding carboxylic acids is 1. The Kier molecular flexibility index (Phi) is 6.39. The lowest BCUT2D eigenvalue weighted by molar-refractivity contribution is -0.129. The molecule has 5 nitrogen and oxygen atoms in total. The molecule has 1 atom stereocenters. The van der Waals surface area contributed by atoms with Gasteiger partial charge in [-0.2, -0.15) is 0 Å². The first-order valence-corrected chi connectivity index (χ1v) is 8.86. The molecule has 0 bridgehead atoms. The van der Waals surface area contributed by atoms with Gasteiger partial charge in [-0.15, -0.1) is 0 Å². The fourth-order valence-corrected chi connectivity index (χ4v) is 3.02. The molecule has 2 N–H and O–H groups in total. The average molecular weight is 348 g/mol. The summed E-state index contributed by atoms with van der Waals surface area (Å²) in [6.07, 6.45) is 1.47. The van der Waals surface area contributed by atoms with Gasteiger partial charge in [0.1, 0.15) is 5.82 Å². The monoisotopic (exact) mass is 348 g/mol. The molecular weight excluding hydrogens is 319 g/mol. The van der Waals surface area contributed by atoms with E-state index in [1.165, 1.54) is 12.1 Å². The Labute approximate surface area is 149 Å². The largest absolute Gasteiger partial charge is 0.356 e. The lowest BCUT2D eigenvalue weighted by Gasteiger charge is -2.27. The van der Waals surface area contributed by atoms with Crippen LogP contribution in [-0.4, -0.2) is 49.5 Å². The summed E-state index contributed by atoms with van der Waals surface area (Å²) in [7, 11) is 1.74. The Morgan fingerprint density at radius 2 is 2.04 bits per heavy atom. The van der Waals surface area contributed by atoms with Gasteiger partial charge < -0.3 is 15.5 Å². The second-order valence-corrected chi connectivity index (χ2v) is 7.14. The van der Waals surface area contributed by atoms with Crippen molar-refractivity contribution in [2.45, 2.75) is 45.1 Å². The molecule has 0 saturated carbocycles. The summed E-state index contributed by atoms with van der Waals surface area (Å²) in [5.74, 6) is 0.702. The molecule has 6 heteroatoms. The summed E-state index contributed by atoms with van der Waals surface area (Å²) in [4.78, 5) is 18.0. The number of hydrogen-bond acceptors (Lipinski definition) is 2. The van der Waals surface area contributed by atoms with E-state index in [0.717, 1.165) is 24.5 Å². The number of guanidine groups is 1. The lowest BCUT2D eigenvalue weighted by Crippen LogP contribution is -2.48. The van der Waals surface area contributed by atoms with Gasteiger partial charge in [0, 0.05) is 44.6 Å². The average Bonchev–Trinajstić information content (AvgIpc) is 3.06. The fourth-order valence-electron chi connectivity index (χ4n) is 3.02. The number of nitrogens with zero attached hydrogens (tertiary/aromatic N) is 2. The van der Waals surface area contributed by atoms with Crippen LogP contribution in [0.1, 0.15) is 39.2 Å². The summed E-state index contributed by atoms with van der Waals surface area (Å²) >= 11 is 0. The van der Waals surface area contributed by atoms with Crippen LogP contribution in [-0.2, 0) is 10.2 Å². The topological polar surface area (TPSA) is 56.7 Å². The Morgan fingerprint density at radius 1 is 1.36 bits per heavy atom. The van der Waals surface area contributed by atoms with Crippen molar-refractivity contribution in [3.8, 4) is 0 Å². The van der Waals surface area contributed by atoms with E-state index < -0.39 is 0 Å². The van der Waals surface area contributed by atoms with Gasteiger partial charge in [0.15, 0.2) is 5.96 Å². The summed E-state index contributed by atoms with van der Waals surface area (Å²) in [6, 6.07) is 6.83. The molecule has 1 amide bonds. The Morgan fingerprint density at radius 3 is 2.64 bits per heavy atom. The van der Waals surface area contributed by atoms with Crippen molar-refractivity contribution < 1.29 is 9.18 Å². The molecule has 1 fully saturated rings. The Bertz CT molecular complexity index is 612. The van der Waals surface area contributed by atoms with Crippen molar-refractivity contribution >= 4 is 11.9 Å². The minimum Gasteiger partial charge on any atom is -0.356 e. The number of aliphatic imine (C=N–C) groups is 1. The van der Waals surface area contributed by atoms with Crippen molar-refractivity contribution in [1.82, 2.24) is 15.5 Å². The normalized spacial score (nSPS) is 18.4. The number of rotatable bonds is 5. The molecule has 1 aromatic rings. The van der Waals surface area contributed by atoms with Crippen molar-refractivity contribution in [1.29, 1.82) is 0 Å². The maximum atomic E-state index is 13.1. The lowest BCUT2D eigenvalue weighted by atomic mass is 9.84. The highest BCUT2D eigenvalue weighted by Gasteiger charge is 2.26. The van der Waals surface area contributed by atoms with Crippen LogP contribution in [0.3, 0.4) is 0 Å². The maximum Gasteiger partial charge on any atom is 0.222 e. The van der Waals surface area contributed by atoms with Gasteiger partial charge in [-0.3, -0.25) is 9.79 Å². The minimum absolute atomic E-state index is 0.162. The van der Waals surface area contributed by atoms with Crippen LogP contribution >= 0.6 is 0 Å². The van der Waals surface area contributed by atoms with Crippen LogP contribution in [0.25, 0.3) is 0 Å². The SMILES string of the molecule is CCC(=O)N1CCC(NC(=NC)NCC(C)(C)c2ccc(F)cc2)C1. The Hall–Kier alpha value is -2.11. The first-order chi connectivity index (χ1) is 11.9. The molecule has 0 aromatic heterocycles. The smallest absolute Gasteiger partial charge is 0.222 e. The summed E-state index contributed by atoms with van der Waals surface area (Å²) in [6.45, 7) is 8.29. The van der Waals surface area contributed by atoms with E-state index >= 15 is 0 Å². The molecule has 25 heavy (non-hydrogen) atoms. The van der Waals surface area contributed by atoms with Crippen molar-refractivity contribution in [3.63, 3.8) is 0 Å². The van der Waals surface area contributed by atoms with Gasteiger partial charge in [0.25, 0.3) is 0 Å². The van der Waals surface area contributed by atoms with Crippen molar-refractivity contribution in [2.24, 2.45) is 4.99 Å². The third kappa shape index (κ3) is 5.18. The van der Waals surface area contributed by atoms with Crippen molar-refractivity contribution in [3.05, 3.63) is 35.6 Å². The highest BCUT2D eigenvalue weighted by atomic mass is 19.1. The van der Waals surface area contributed by atoms with Gasteiger partial charge in [0.2, 0.25) is 5.91 Å². The van der Waals surface area contributed by atoms with Crippen LogP contribution in [0.5, 0.6) is 0 Å². The quantitative estimate of drug-likeness (QED) is 0.634. The predicted molar refractivity (Wildman–Crippen MR) is 99.2 cm³/mol. The molecule has 1 aliphatic rings. The van der Waals surface area contributed by atoms with Crippen LogP contribution in [0, 0.1) is 5.82 Å². The molecular formula is C19H29FN4O. The summed E-state index contributed by atoms with van der Waals surface area (Å²) < 4.78 is 13.1. The van der Waals surface area contributed by atoms with E-state index in [0.29, 0.717) is 19.5 Å². The first kappa shape index (κ1) is 19.2. The maximum absolute atomic E-state index is 13.1. The standard InChI is InChI=1S/C19H29FN4O/c1-5-17(25)24-11-10-16(12-24)23-18(21-4)22-13-19(2,3)14-6-8-15(20)9-7-14/h6-9,16H,5,10-13H2,1-4H3,(H2,21,22,23). The number of hydrogen-bond donors (Lipinski definition) is 2. The Balaban J connectivity index is 1.88. The predicted octanol–water partition coefficient (Wildman–Crippen LogP) is 2.28. The number of likely N-dealkylation sites (tertiary alicyclic amines) is 1. The van der Waals surface area contributed by atoms with Crippen LogP contribution in [0.15, 0.2) is 29.3 Å². The molecule has 0 aliphatic carbocycles. The number of amides is 1. The number of benzene rings is 1. The van der Waals surface area contributed by atoms with E-state index in [4.69, 9.17) is 0 Å². The van der Waals surface area contributed by atoms with Crippen molar-refractivity contribution in [2.75, 3.05) is 26.7 Å². The second kappa shape index (κ2) is 8.32. The van der Waals surface area contributed by atoms with Gasteiger partial charge >= 0.3 is 0 Å². The first-order valence-electron chi connectivity index (χ1n) is 8.86. The van der Waals surface area contributed by atoms with E-state index in [2.05, 4.69) is 29.5 Å². The molecule has 2 rings (SSSR count). The van der Waals surface area contributed by atoms with Gasteiger partial charge in [-0.25, -0.2) is 4.39 Å². The van der Waals surface area contributed by atoms with Gasteiger partial charge in [0.05, 0.1) is 0 Å². The zero-order valence-corrected chi connectivity index (χ0v) is 15.6. The van der Waals surface area contributed by atoms with E-state index in [1.807, 2.05) is 24.0 Å². The summed E-state index contributed by atoms with van der Waals surface area (Å²) in [5, 5.41) is 6.74. The minimum atomic E-state index is -0.225. The molecule has 0 spiro atoms. The molecule has 1 heterocycles. The van der Waals surface area contributed by atoms with Crippen LogP contribution in [0.4, 0.5) is 4.39 Å². The third-order valence-electron chi connectivity index (χ3n) is 4.73. The second-order valence-electron chi connectivity index (χ2n) is 7.14. The van der Waals surface area contributed by atoms with Crippen LogP contribution in [0.2, 0.25) is 0 Å². The zero-order valence-electron chi connectivity index (χ0n) is 15.6. The van der Waals surface area contributed by atoms with E-state index in [9.17, 15) is 9.18 Å². The highest BCUT2D eigenvalue weighted by molar-refractivity contribution is 5.80. The van der Waals surface area contributed by atoms with Crippen LogP contribution < -0.4 is 10.6 Å². The molecule has 0 radical (unpaired) electrons. The number of nitrogens with one attached hydrogen (secondary N) is 2. The third-order valence-corrected chi connectivity index (χ3v) is 4.73. The molecule has 1 aliphatic heterocycles. The fraction of sp³-hybridized carbons (Fsp3) is 0.579. The molecule has 1 saturated heterocycles. The van der Waals surface area contributed by atoms with Gasteiger partial charge in [-0.05, 0) is 24.1 Å². The zero-order chi connectivity index (χ0) is 18.4. The van der Waals surface area contributed by atoms with E-state index in [1.54, 1.807) is 7.05 Å². The van der Waals surface area contributed by atoms with E-state index in [-0.39, 0.29) is 23.2 Å². The molecule has 1 aromatic carbocycles. The number of carbonyl (C=O) groups is 1. The molecule has 138 valence electrons. The summed E-state index contributed by atoms with van der Waals surface area (Å²) in [5.41, 5.74) is 0.906. The molecule has 1 unspecified atom stereocenters. The highest BCUT2D eigenvalue weighted by Crippen LogP contribution is 2.22. The number of halogens is 1.